The van der Waals surface area contributed by atoms with E-state index in [0.29, 0.717) is 0 Å². The zero-order chi connectivity index (χ0) is 9.10. The molecule has 0 radical (unpaired) electrons. The molecule has 13 heavy (non-hydrogen) atoms. The van der Waals surface area contributed by atoms with Crippen LogP contribution in [0, 0.1) is 6.92 Å². The van der Waals surface area contributed by atoms with Crippen LogP contribution in [0.1, 0.15) is 17.5 Å². The summed E-state index contributed by atoms with van der Waals surface area (Å²) >= 11 is 0. The van der Waals surface area contributed by atoms with Gasteiger partial charge in [-0.1, -0.05) is 30.3 Å². The minimum absolute atomic E-state index is 1.02. The molecule has 1 aliphatic rings. The van der Waals surface area contributed by atoms with Crippen LogP contribution in [0.5, 0.6) is 0 Å². The zero-order valence-electron chi connectivity index (χ0n) is 8.01. The summed E-state index contributed by atoms with van der Waals surface area (Å²) < 4.78 is 0. The van der Waals surface area contributed by atoms with Gasteiger partial charge in [-0.25, -0.2) is 0 Å². The lowest BCUT2D eigenvalue weighted by Crippen LogP contribution is -2.21. The van der Waals surface area contributed by atoms with E-state index in [9.17, 15) is 0 Å². The summed E-state index contributed by atoms with van der Waals surface area (Å²) in [6.07, 6.45) is 3.50. The summed E-state index contributed by atoms with van der Waals surface area (Å²) in [5.74, 6) is 0. The van der Waals surface area contributed by atoms with Crippen LogP contribution in [0.3, 0.4) is 0 Å². The van der Waals surface area contributed by atoms with E-state index in [4.69, 9.17) is 0 Å². The molecule has 0 amide bonds. The first-order chi connectivity index (χ1) is 6.38. The smallest absolute Gasteiger partial charge is 0.0208 e. The molecule has 0 spiro atoms. The number of rotatable bonds is 1. The highest BCUT2D eigenvalue weighted by molar-refractivity contribution is 5.69. The van der Waals surface area contributed by atoms with Gasteiger partial charge in [-0.05, 0) is 36.6 Å². The molecule has 1 aliphatic heterocycles. The second-order valence-electron chi connectivity index (χ2n) is 3.51. The molecule has 1 heteroatoms. The van der Waals surface area contributed by atoms with Crippen molar-refractivity contribution in [3.63, 3.8) is 0 Å². The van der Waals surface area contributed by atoms with E-state index in [1.54, 1.807) is 0 Å². The average Bonchev–Trinajstić information content (AvgIpc) is 2.20. The van der Waals surface area contributed by atoms with Crippen LogP contribution in [-0.2, 0) is 0 Å². The molecule has 0 fully saturated rings. The van der Waals surface area contributed by atoms with Crippen molar-refractivity contribution in [1.82, 2.24) is 5.32 Å². The number of benzene rings is 1. The van der Waals surface area contributed by atoms with Crippen molar-refractivity contribution in [3.05, 3.63) is 41.5 Å². The second kappa shape index (κ2) is 3.75. The summed E-state index contributed by atoms with van der Waals surface area (Å²) in [6, 6.07) is 8.58. The zero-order valence-corrected chi connectivity index (χ0v) is 8.01. The highest BCUT2D eigenvalue weighted by Crippen LogP contribution is 2.19. The lowest BCUT2D eigenvalue weighted by Gasteiger charge is -2.15. The Morgan fingerprint density at radius 2 is 2.08 bits per heavy atom. The van der Waals surface area contributed by atoms with Crippen LogP contribution in [0.25, 0.3) is 5.57 Å². The van der Waals surface area contributed by atoms with Crippen LogP contribution in [0.15, 0.2) is 30.3 Å². The molecule has 2 rings (SSSR count). The Morgan fingerprint density at radius 1 is 1.23 bits per heavy atom. The van der Waals surface area contributed by atoms with E-state index < -0.39 is 0 Å². The third-order valence-electron chi connectivity index (χ3n) is 2.52. The van der Waals surface area contributed by atoms with E-state index in [2.05, 4.69) is 42.6 Å². The fraction of sp³-hybridized carbons (Fsp3) is 0.333. The molecular formula is C12H15N. The molecule has 0 unspecified atom stereocenters. The highest BCUT2D eigenvalue weighted by Gasteiger charge is 2.06. The van der Waals surface area contributed by atoms with Crippen molar-refractivity contribution in [2.75, 3.05) is 13.1 Å². The molecule has 0 aromatic heterocycles. The summed E-state index contributed by atoms with van der Waals surface area (Å²) in [4.78, 5) is 0. The van der Waals surface area contributed by atoms with Gasteiger partial charge in [-0.3, -0.25) is 0 Å². The fourth-order valence-corrected chi connectivity index (χ4v) is 1.78. The van der Waals surface area contributed by atoms with Gasteiger partial charge in [-0.15, -0.1) is 0 Å². The van der Waals surface area contributed by atoms with Crippen LogP contribution in [0.4, 0.5) is 0 Å². The van der Waals surface area contributed by atoms with Crippen LogP contribution < -0.4 is 5.32 Å². The molecule has 1 aromatic rings. The van der Waals surface area contributed by atoms with Gasteiger partial charge < -0.3 is 5.32 Å². The topological polar surface area (TPSA) is 12.0 Å². The van der Waals surface area contributed by atoms with Crippen molar-refractivity contribution in [2.45, 2.75) is 13.3 Å². The third-order valence-corrected chi connectivity index (χ3v) is 2.52. The predicted octanol–water partition coefficient (Wildman–Crippen LogP) is 2.37. The molecular weight excluding hydrogens is 158 g/mol. The van der Waals surface area contributed by atoms with Gasteiger partial charge in [0.05, 0.1) is 0 Å². The summed E-state index contributed by atoms with van der Waals surface area (Å²) in [5.41, 5.74) is 4.22. The monoisotopic (exact) mass is 173 g/mol. The Kier molecular flexibility index (Phi) is 2.46. The van der Waals surface area contributed by atoms with Crippen molar-refractivity contribution in [3.8, 4) is 0 Å². The van der Waals surface area contributed by atoms with Gasteiger partial charge in [0.2, 0.25) is 0 Å². The van der Waals surface area contributed by atoms with Crippen molar-refractivity contribution >= 4 is 5.57 Å². The quantitative estimate of drug-likeness (QED) is 0.687. The number of hydrogen-bond donors (Lipinski definition) is 1. The van der Waals surface area contributed by atoms with Crippen molar-refractivity contribution in [2.24, 2.45) is 0 Å². The molecule has 1 nitrogen and oxygen atoms in total. The average molecular weight is 173 g/mol. The van der Waals surface area contributed by atoms with Crippen LogP contribution in [-0.4, -0.2) is 13.1 Å². The van der Waals surface area contributed by atoms with Crippen molar-refractivity contribution in [1.29, 1.82) is 0 Å². The Hall–Kier alpha value is -1.08. The Morgan fingerprint density at radius 3 is 2.77 bits per heavy atom. The lowest BCUT2D eigenvalue weighted by molar-refractivity contribution is 0.739. The van der Waals surface area contributed by atoms with Gasteiger partial charge in [0.1, 0.15) is 0 Å². The van der Waals surface area contributed by atoms with Crippen molar-refractivity contribution < 1.29 is 0 Å². The minimum Gasteiger partial charge on any atom is -0.312 e. The molecule has 0 aliphatic carbocycles. The number of aryl methyl sites for hydroxylation is 1. The SMILES string of the molecule is Cc1ccccc1C1=CCCNC1. The Labute approximate surface area is 79.5 Å². The number of nitrogens with one attached hydrogen (secondary N) is 1. The summed E-state index contributed by atoms with van der Waals surface area (Å²) in [5, 5.41) is 3.39. The molecule has 1 N–H and O–H groups in total. The maximum absolute atomic E-state index is 3.39. The van der Waals surface area contributed by atoms with E-state index in [-0.39, 0.29) is 0 Å². The highest BCUT2D eigenvalue weighted by atomic mass is 14.9. The first-order valence-electron chi connectivity index (χ1n) is 4.83. The first kappa shape index (κ1) is 8.52. The Bertz CT molecular complexity index is 326. The maximum atomic E-state index is 3.39. The van der Waals surface area contributed by atoms with Gasteiger partial charge in [0.15, 0.2) is 0 Å². The van der Waals surface area contributed by atoms with Gasteiger partial charge >= 0.3 is 0 Å². The minimum atomic E-state index is 1.02. The molecule has 0 saturated carbocycles. The standard InChI is InChI=1S/C12H15N/c1-10-5-2-3-7-12(10)11-6-4-8-13-9-11/h2-3,5-7,13H,4,8-9H2,1H3. The Balaban J connectivity index is 2.34. The van der Waals surface area contributed by atoms with Gasteiger partial charge in [-0.2, -0.15) is 0 Å². The lowest BCUT2D eigenvalue weighted by atomic mass is 9.98. The fourth-order valence-electron chi connectivity index (χ4n) is 1.78. The predicted molar refractivity (Wildman–Crippen MR) is 56.6 cm³/mol. The van der Waals surface area contributed by atoms with E-state index >= 15 is 0 Å². The van der Waals surface area contributed by atoms with E-state index in [1.165, 1.54) is 16.7 Å². The molecule has 0 atom stereocenters. The second-order valence-corrected chi connectivity index (χ2v) is 3.51. The largest absolute Gasteiger partial charge is 0.312 e. The maximum Gasteiger partial charge on any atom is 0.0208 e. The number of hydrogen-bond acceptors (Lipinski definition) is 1. The molecule has 68 valence electrons. The van der Waals surface area contributed by atoms with Gasteiger partial charge in [0, 0.05) is 6.54 Å². The summed E-state index contributed by atoms with van der Waals surface area (Å²) in [7, 11) is 0. The third kappa shape index (κ3) is 1.81. The molecule has 0 bridgehead atoms. The normalized spacial score (nSPS) is 16.8. The van der Waals surface area contributed by atoms with E-state index in [0.717, 1.165) is 19.5 Å². The van der Waals surface area contributed by atoms with Crippen LogP contribution in [0.2, 0.25) is 0 Å². The molecule has 1 heterocycles. The van der Waals surface area contributed by atoms with E-state index in [1.807, 2.05) is 0 Å². The summed E-state index contributed by atoms with van der Waals surface area (Å²) in [6.45, 7) is 4.31. The molecule has 1 aromatic carbocycles. The van der Waals surface area contributed by atoms with Crippen LogP contribution >= 0.6 is 0 Å². The van der Waals surface area contributed by atoms with Gasteiger partial charge in [0.25, 0.3) is 0 Å². The molecule has 0 saturated heterocycles. The first-order valence-corrected chi connectivity index (χ1v) is 4.83.